The average molecular weight is 389 g/mol. The van der Waals surface area contributed by atoms with Gasteiger partial charge in [-0.1, -0.05) is 57.4 Å². The number of carbonyl (C=O) groups is 1. The predicted molar refractivity (Wildman–Crippen MR) is 110 cm³/mol. The third-order valence-corrected chi connectivity index (χ3v) is 5.48. The van der Waals surface area contributed by atoms with E-state index in [4.69, 9.17) is 16.7 Å². The number of halogens is 1. The van der Waals surface area contributed by atoms with Crippen molar-refractivity contribution >= 4 is 17.6 Å². The van der Waals surface area contributed by atoms with Crippen molar-refractivity contribution in [3.63, 3.8) is 0 Å². The van der Waals surface area contributed by atoms with Crippen LogP contribution in [0, 0.1) is 5.92 Å². The zero-order chi connectivity index (χ0) is 19.6. The van der Waals surface area contributed by atoms with Gasteiger partial charge in [-0.2, -0.15) is 0 Å². The van der Waals surface area contributed by atoms with Crippen molar-refractivity contribution in [2.24, 2.45) is 5.92 Å². The predicted octanol–water partition coefficient (Wildman–Crippen LogP) is 5.53. The molecule has 0 spiro atoms. The molecule has 0 aliphatic heterocycles. The topological polar surface area (TPSA) is 63.1 Å². The fourth-order valence-corrected chi connectivity index (χ4v) is 3.12. The molecule has 5 heteroatoms. The Balaban J connectivity index is 1.88. The lowest BCUT2D eigenvalue weighted by atomic mass is 9.97. The highest BCUT2D eigenvalue weighted by Crippen LogP contribution is 2.21. The number of aryl methyl sites for hydroxylation is 2. The van der Waals surface area contributed by atoms with Crippen molar-refractivity contribution in [2.75, 3.05) is 0 Å². The zero-order valence-electron chi connectivity index (χ0n) is 16.2. The molecule has 1 heterocycles. The first-order chi connectivity index (χ1) is 13.0. The normalized spacial score (nSPS) is 13.3. The van der Waals surface area contributed by atoms with Crippen LogP contribution in [0.25, 0.3) is 11.3 Å². The first kappa shape index (κ1) is 21.4. The number of aliphatic carboxylic acids is 1. The number of aromatic nitrogens is 2. The molecule has 0 aliphatic carbocycles. The van der Waals surface area contributed by atoms with Gasteiger partial charge in [0.25, 0.3) is 0 Å². The number of rotatable bonds is 11. The molecule has 1 aromatic heterocycles. The molecule has 1 aromatic carbocycles. The van der Waals surface area contributed by atoms with Crippen LogP contribution in [-0.4, -0.2) is 26.4 Å². The van der Waals surface area contributed by atoms with Crippen LogP contribution in [0.3, 0.4) is 0 Å². The number of hydrogen-bond donors (Lipinski definition) is 1. The average Bonchev–Trinajstić information content (AvgIpc) is 2.69. The number of unbranched alkanes of at least 4 members (excludes halogenated alkanes) is 3. The highest BCUT2D eigenvalue weighted by molar-refractivity contribution is 6.29. The number of alkyl halides is 1. The Hall–Kier alpha value is -1.94. The first-order valence-electron chi connectivity index (χ1n) is 9.78. The third-order valence-electron chi connectivity index (χ3n) is 4.87. The van der Waals surface area contributed by atoms with Crippen LogP contribution < -0.4 is 0 Å². The van der Waals surface area contributed by atoms with E-state index in [0.717, 1.165) is 36.2 Å². The van der Waals surface area contributed by atoms with Crippen molar-refractivity contribution in [1.82, 2.24) is 9.97 Å². The summed E-state index contributed by atoms with van der Waals surface area (Å²) in [7, 11) is 0. The third kappa shape index (κ3) is 6.94. The van der Waals surface area contributed by atoms with E-state index in [1.807, 2.05) is 31.5 Å². The molecule has 27 heavy (non-hydrogen) atoms. The van der Waals surface area contributed by atoms with Crippen LogP contribution in [-0.2, 0) is 17.6 Å². The summed E-state index contributed by atoms with van der Waals surface area (Å²) >= 11 is 5.88. The van der Waals surface area contributed by atoms with Crippen molar-refractivity contribution in [2.45, 2.75) is 64.2 Å². The van der Waals surface area contributed by atoms with Gasteiger partial charge in [-0.3, -0.25) is 14.8 Å². The summed E-state index contributed by atoms with van der Waals surface area (Å²) in [6, 6.07) is 8.21. The second kappa shape index (κ2) is 11.0. The minimum Gasteiger partial charge on any atom is -0.480 e. The van der Waals surface area contributed by atoms with E-state index in [-0.39, 0.29) is 5.92 Å². The lowest BCUT2D eigenvalue weighted by molar-refractivity contribution is -0.137. The van der Waals surface area contributed by atoms with E-state index in [2.05, 4.69) is 29.0 Å². The molecule has 0 radical (unpaired) electrons. The van der Waals surface area contributed by atoms with Gasteiger partial charge in [0.15, 0.2) is 0 Å². The fraction of sp³-hybridized carbons (Fsp3) is 0.500. The smallest absolute Gasteiger partial charge is 0.321 e. The summed E-state index contributed by atoms with van der Waals surface area (Å²) in [6.45, 7) is 4.09. The Kier molecular flexibility index (Phi) is 8.73. The van der Waals surface area contributed by atoms with Crippen molar-refractivity contribution in [1.29, 1.82) is 0 Å². The van der Waals surface area contributed by atoms with Gasteiger partial charge in [0.05, 0.1) is 17.6 Å². The summed E-state index contributed by atoms with van der Waals surface area (Å²) in [5, 5.41) is 8.13. The molecule has 2 unspecified atom stereocenters. The molecule has 0 amide bonds. The van der Waals surface area contributed by atoms with E-state index >= 15 is 0 Å². The Morgan fingerprint density at radius 1 is 1.07 bits per heavy atom. The molecule has 0 saturated heterocycles. The summed E-state index contributed by atoms with van der Waals surface area (Å²) in [6.07, 6.45) is 11.2. The van der Waals surface area contributed by atoms with Crippen LogP contribution in [0.2, 0.25) is 0 Å². The Morgan fingerprint density at radius 3 is 2.41 bits per heavy atom. The lowest BCUT2D eigenvalue weighted by Gasteiger charge is -2.14. The van der Waals surface area contributed by atoms with Crippen molar-refractivity contribution < 1.29 is 9.90 Å². The summed E-state index contributed by atoms with van der Waals surface area (Å²) in [5.74, 6) is -1.02. The van der Waals surface area contributed by atoms with Gasteiger partial charge in [0.1, 0.15) is 5.38 Å². The fourth-order valence-electron chi connectivity index (χ4n) is 2.99. The highest BCUT2D eigenvalue weighted by atomic mass is 35.5. The molecular formula is C22H29ClN2O2. The standard InChI is InChI=1S/C22H29ClN2O2/c1-3-4-5-6-7-19-14-25-20(15-24-19)18-12-10-17(11-13-18)9-8-16(2)21(23)22(26)27/h10-16,21H,3-9H2,1-2H3,(H,26,27). The monoisotopic (exact) mass is 388 g/mol. The lowest BCUT2D eigenvalue weighted by Crippen LogP contribution is -2.22. The summed E-state index contributed by atoms with van der Waals surface area (Å²) in [4.78, 5) is 20.0. The molecule has 1 N–H and O–H groups in total. The molecule has 2 atom stereocenters. The molecule has 146 valence electrons. The Morgan fingerprint density at radius 2 is 1.81 bits per heavy atom. The van der Waals surface area contributed by atoms with Gasteiger partial charge in [0.2, 0.25) is 0 Å². The van der Waals surface area contributed by atoms with Crippen LogP contribution in [0.4, 0.5) is 0 Å². The second-order valence-corrected chi connectivity index (χ2v) is 7.63. The molecular weight excluding hydrogens is 360 g/mol. The van der Waals surface area contributed by atoms with Gasteiger partial charge in [-0.05, 0) is 37.2 Å². The van der Waals surface area contributed by atoms with E-state index in [0.29, 0.717) is 0 Å². The van der Waals surface area contributed by atoms with Crippen LogP contribution in [0.1, 0.15) is 57.2 Å². The Labute approximate surface area is 167 Å². The minimum absolute atomic E-state index is 0.0698. The largest absolute Gasteiger partial charge is 0.480 e. The number of carboxylic acid groups (broad SMARTS) is 1. The van der Waals surface area contributed by atoms with E-state index in [1.165, 1.54) is 31.2 Å². The SMILES string of the molecule is CCCCCCc1cnc(-c2ccc(CCC(C)C(Cl)C(=O)O)cc2)cn1. The van der Waals surface area contributed by atoms with Crippen LogP contribution in [0.15, 0.2) is 36.7 Å². The number of carboxylic acids is 1. The van der Waals surface area contributed by atoms with Crippen LogP contribution >= 0.6 is 11.6 Å². The van der Waals surface area contributed by atoms with Gasteiger partial charge in [0, 0.05) is 11.8 Å². The van der Waals surface area contributed by atoms with Gasteiger partial charge >= 0.3 is 5.97 Å². The van der Waals surface area contributed by atoms with Crippen LogP contribution in [0.5, 0.6) is 0 Å². The van der Waals surface area contributed by atoms with E-state index < -0.39 is 11.3 Å². The molecule has 2 rings (SSSR count). The maximum absolute atomic E-state index is 10.9. The molecule has 0 aliphatic rings. The number of hydrogen-bond acceptors (Lipinski definition) is 3. The van der Waals surface area contributed by atoms with E-state index in [9.17, 15) is 4.79 Å². The van der Waals surface area contributed by atoms with Gasteiger partial charge in [-0.15, -0.1) is 11.6 Å². The minimum atomic E-state index is -0.952. The first-order valence-corrected chi connectivity index (χ1v) is 10.2. The maximum atomic E-state index is 10.9. The van der Waals surface area contributed by atoms with Gasteiger partial charge in [-0.25, -0.2) is 0 Å². The molecule has 4 nitrogen and oxygen atoms in total. The summed E-state index contributed by atoms with van der Waals surface area (Å²) < 4.78 is 0. The van der Waals surface area contributed by atoms with Gasteiger partial charge < -0.3 is 5.11 Å². The molecule has 0 saturated carbocycles. The molecule has 0 bridgehead atoms. The second-order valence-electron chi connectivity index (χ2n) is 7.16. The number of nitrogens with zero attached hydrogens (tertiary/aromatic N) is 2. The highest BCUT2D eigenvalue weighted by Gasteiger charge is 2.21. The summed E-state index contributed by atoms with van der Waals surface area (Å²) in [5.41, 5.74) is 4.13. The quantitative estimate of drug-likeness (QED) is 0.406. The zero-order valence-corrected chi connectivity index (χ0v) is 17.0. The van der Waals surface area contributed by atoms with Crippen molar-refractivity contribution in [3.8, 4) is 11.3 Å². The van der Waals surface area contributed by atoms with Crippen molar-refractivity contribution in [3.05, 3.63) is 47.9 Å². The molecule has 2 aromatic rings. The Bertz CT molecular complexity index is 701. The molecule has 0 fully saturated rings. The van der Waals surface area contributed by atoms with E-state index in [1.54, 1.807) is 0 Å². The maximum Gasteiger partial charge on any atom is 0.321 e. The number of benzene rings is 1.